The lowest BCUT2D eigenvalue weighted by molar-refractivity contribution is 0.103. The van der Waals surface area contributed by atoms with E-state index in [1.165, 1.54) is 26.4 Å². The van der Waals surface area contributed by atoms with E-state index in [4.69, 9.17) is 9.47 Å². The van der Waals surface area contributed by atoms with Crippen LogP contribution in [0.2, 0.25) is 0 Å². The number of ketones is 1. The van der Waals surface area contributed by atoms with Crippen molar-refractivity contribution in [2.75, 3.05) is 14.2 Å². The fraction of sp³-hybridized carbons (Fsp3) is 0.118. The molecule has 0 saturated heterocycles. The minimum atomic E-state index is -0.388. The molecule has 0 heterocycles. The zero-order chi connectivity index (χ0) is 16.1. The van der Waals surface area contributed by atoms with Gasteiger partial charge in [-0.2, -0.15) is 0 Å². The lowest BCUT2D eigenvalue weighted by atomic mass is 9.98. The van der Waals surface area contributed by atoms with Crippen LogP contribution in [0.5, 0.6) is 11.5 Å². The topological polar surface area (TPSA) is 69.7 Å². The third kappa shape index (κ3) is 2.88. The Morgan fingerprint density at radius 1 is 0.818 bits per heavy atom. The van der Waals surface area contributed by atoms with E-state index in [1.807, 2.05) is 0 Å². The number of hydrogen-bond acceptors (Lipinski definition) is 5. The molecule has 0 amide bonds. The molecular weight excluding hydrogens is 284 g/mol. The zero-order valence-electron chi connectivity index (χ0n) is 12.2. The van der Waals surface area contributed by atoms with Crippen LogP contribution in [0, 0.1) is 0 Å². The number of methoxy groups -OCH3 is 2. The highest BCUT2D eigenvalue weighted by Gasteiger charge is 2.19. The number of carbonyl (C=O) groups is 3. The number of ether oxygens (including phenoxy) is 2. The first-order valence-electron chi connectivity index (χ1n) is 6.45. The van der Waals surface area contributed by atoms with Gasteiger partial charge in [-0.05, 0) is 36.4 Å². The second-order valence-electron chi connectivity index (χ2n) is 4.48. The fourth-order valence-corrected chi connectivity index (χ4v) is 2.10. The van der Waals surface area contributed by atoms with E-state index >= 15 is 0 Å². The third-order valence-corrected chi connectivity index (χ3v) is 3.21. The van der Waals surface area contributed by atoms with E-state index in [0.717, 1.165) is 0 Å². The maximum atomic E-state index is 12.8. The van der Waals surface area contributed by atoms with Crippen LogP contribution >= 0.6 is 0 Å². The summed E-state index contributed by atoms with van der Waals surface area (Å²) in [7, 11) is 2.87. The monoisotopic (exact) mass is 298 g/mol. The minimum absolute atomic E-state index is 0.230. The molecule has 0 radical (unpaired) electrons. The van der Waals surface area contributed by atoms with Crippen LogP contribution in [0.1, 0.15) is 36.6 Å². The fourth-order valence-electron chi connectivity index (χ4n) is 2.10. The standard InChI is InChI=1S/C17H14O5/c1-21-15-5-3-11(9-18)7-13(15)17(20)14-8-12(10-19)4-6-16(14)22-2/h3-10H,1-2H3. The van der Waals surface area contributed by atoms with Gasteiger partial charge in [0.2, 0.25) is 5.78 Å². The van der Waals surface area contributed by atoms with E-state index in [0.29, 0.717) is 35.2 Å². The molecule has 0 N–H and O–H groups in total. The predicted octanol–water partition coefficient (Wildman–Crippen LogP) is 2.56. The summed E-state index contributed by atoms with van der Waals surface area (Å²) in [4.78, 5) is 34.6. The van der Waals surface area contributed by atoms with E-state index in [-0.39, 0.29) is 16.9 Å². The van der Waals surface area contributed by atoms with Gasteiger partial charge in [0.05, 0.1) is 25.3 Å². The Morgan fingerprint density at radius 2 is 1.23 bits per heavy atom. The maximum Gasteiger partial charge on any atom is 0.200 e. The summed E-state index contributed by atoms with van der Waals surface area (Å²) in [5.41, 5.74) is 1.17. The van der Waals surface area contributed by atoms with Crippen LogP contribution in [0.15, 0.2) is 36.4 Å². The molecule has 0 aromatic heterocycles. The third-order valence-electron chi connectivity index (χ3n) is 3.21. The molecule has 0 atom stereocenters. The smallest absolute Gasteiger partial charge is 0.200 e. The van der Waals surface area contributed by atoms with Crippen LogP contribution in [0.4, 0.5) is 0 Å². The SMILES string of the molecule is COc1ccc(C=O)cc1C(=O)c1cc(C=O)ccc1OC. The van der Waals surface area contributed by atoms with Gasteiger partial charge in [0.1, 0.15) is 24.1 Å². The highest BCUT2D eigenvalue weighted by Crippen LogP contribution is 2.27. The summed E-state index contributed by atoms with van der Waals surface area (Å²) in [6.07, 6.45) is 1.30. The Bertz CT molecular complexity index is 672. The largest absolute Gasteiger partial charge is 0.496 e. The van der Waals surface area contributed by atoms with Crippen molar-refractivity contribution in [1.82, 2.24) is 0 Å². The average Bonchev–Trinajstić information content (AvgIpc) is 2.59. The molecule has 0 unspecified atom stereocenters. The van der Waals surface area contributed by atoms with Gasteiger partial charge < -0.3 is 9.47 Å². The maximum absolute atomic E-state index is 12.8. The lowest BCUT2D eigenvalue weighted by Crippen LogP contribution is -2.07. The molecule has 0 spiro atoms. The Morgan fingerprint density at radius 3 is 1.55 bits per heavy atom. The first kappa shape index (κ1) is 15.4. The Balaban J connectivity index is 2.60. The summed E-state index contributed by atoms with van der Waals surface area (Å²) in [6, 6.07) is 9.10. The second kappa shape index (κ2) is 6.67. The summed E-state index contributed by atoms with van der Waals surface area (Å²) in [5.74, 6) is 0.296. The Hall–Kier alpha value is -2.95. The van der Waals surface area contributed by atoms with Crippen molar-refractivity contribution in [3.05, 3.63) is 58.7 Å². The molecule has 0 aliphatic heterocycles. The summed E-state index contributed by atoms with van der Waals surface area (Å²) in [5, 5.41) is 0. The van der Waals surface area contributed by atoms with Gasteiger partial charge in [0.25, 0.3) is 0 Å². The van der Waals surface area contributed by atoms with Crippen molar-refractivity contribution in [2.24, 2.45) is 0 Å². The molecule has 0 bridgehead atoms. The first-order valence-corrected chi connectivity index (χ1v) is 6.45. The molecule has 0 aliphatic rings. The number of carbonyl (C=O) groups excluding carboxylic acids is 3. The van der Waals surface area contributed by atoms with Crippen LogP contribution in [-0.2, 0) is 0 Å². The molecule has 0 saturated carbocycles. The van der Waals surface area contributed by atoms with E-state index < -0.39 is 0 Å². The van der Waals surface area contributed by atoms with Gasteiger partial charge in [-0.25, -0.2) is 0 Å². The second-order valence-corrected chi connectivity index (χ2v) is 4.48. The van der Waals surface area contributed by atoms with Crippen molar-refractivity contribution >= 4 is 18.4 Å². The van der Waals surface area contributed by atoms with Crippen molar-refractivity contribution in [2.45, 2.75) is 0 Å². The minimum Gasteiger partial charge on any atom is -0.496 e. The van der Waals surface area contributed by atoms with Crippen LogP contribution in [-0.4, -0.2) is 32.6 Å². The number of hydrogen-bond donors (Lipinski definition) is 0. The van der Waals surface area contributed by atoms with Gasteiger partial charge in [-0.15, -0.1) is 0 Å². The van der Waals surface area contributed by atoms with E-state index in [2.05, 4.69) is 0 Å². The Labute approximate surface area is 127 Å². The quantitative estimate of drug-likeness (QED) is 0.605. The number of aldehydes is 2. The van der Waals surface area contributed by atoms with Crippen LogP contribution < -0.4 is 9.47 Å². The predicted molar refractivity (Wildman–Crippen MR) is 80.2 cm³/mol. The summed E-state index contributed by atoms with van der Waals surface area (Å²) in [6.45, 7) is 0. The highest BCUT2D eigenvalue weighted by molar-refractivity contribution is 6.13. The van der Waals surface area contributed by atoms with Crippen LogP contribution in [0.3, 0.4) is 0 Å². The van der Waals surface area contributed by atoms with Crippen molar-refractivity contribution in [3.8, 4) is 11.5 Å². The molecule has 5 nitrogen and oxygen atoms in total. The molecule has 0 aliphatic carbocycles. The average molecular weight is 298 g/mol. The van der Waals surface area contributed by atoms with Gasteiger partial charge >= 0.3 is 0 Å². The van der Waals surface area contributed by atoms with Crippen LogP contribution in [0.25, 0.3) is 0 Å². The molecule has 22 heavy (non-hydrogen) atoms. The molecule has 2 aromatic rings. The van der Waals surface area contributed by atoms with Crippen molar-refractivity contribution < 1.29 is 23.9 Å². The van der Waals surface area contributed by atoms with E-state index in [9.17, 15) is 14.4 Å². The molecule has 0 fully saturated rings. The van der Waals surface area contributed by atoms with Crippen molar-refractivity contribution in [3.63, 3.8) is 0 Å². The van der Waals surface area contributed by atoms with Gasteiger partial charge in [0.15, 0.2) is 0 Å². The normalized spacial score (nSPS) is 9.91. The Kier molecular flexibility index (Phi) is 4.68. The lowest BCUT2D eigenvalue weighted by Gasteiger charge is -2.11. The number of rotatable bonds is 6. The van der Waals surface area contributed by atoms with Gasteiger partial charge in [0, 0.05) is 11.1 Å². The molecule has 2 aromatic carbocycles. The zero-order valence-corrected chi connectivity index (χ0v) is 12.2. The molecule has 2 rings (SSSR count). The van der Waals surface area contributed by atoms with Gasteiger partial charge in [-0.1, -0.05) is 0 Å². The summed E-state index contributed by atoms with van der Waals surface area (Å²) < 4.78 is 10.3. The highest BCUT2D eigenvalue weighted by atomic mass is 16.5. The molecular formula is C17H14O5. The van der Waals surface area contributed by atoms with E-state index in [1.54, 1.807) is 24.3 Å². The summed E-state index contributed by atoms with van der Waals surface area (Å²) >= 11 is 0. The molecule has 112 valence electrons. The van der Waals surface area contributed by atoms with Crippen molar-refractivity contribution in [1.29, 1.82) is 0 Å². The number of benzene rings is 2. The molecule has 5 heteroatoms. The first-order chi connectivity index (χ1) is 10.6. The van der Waals surface area contributed by atoms with Gasteiger partial charge in [-0.3, -0.25) is 14.4 Å².